The predicted octanol–water partition coefficient (Wildman–Crippen LogP) is -0.275. The van der Waals surface area contributed by atoms with Crippen LogP contribution in [0.25, 0.3) is 0 Å². The van der Waals surface area contributed by atoms with E-state index in [1.807, 2.05) is 0 Å². The van der Waals surface area contributed by atoms with Crippen molar-refractivity contribution in [3.8, 4) is 0 Å². The Kier molecular flexibility index (Phi) is 6.32. The van der Waals surface area contributed by atoms with Crippen LogP contribution in [0.5, 0.6) is 0 Å². The van der Waals surface area contributed by atoms with Crippen LogP contribution < -0.4 is 10.2 Å². The Hall–Kier alpha value is -2.47. The van der Waals surface area contributed by atoms with Crippen molar-refractivity contribution in [1.29, 1.82) is 0 Å². The highest BCUT2D eigenvalue weighted by atomic mass is 32.2. The number of carboxylic acids is 2. The number of hydrogen-bond acceptors (Lipinski definition) is 8. The number of amides is 3. The van der Waals surface area contributed by atoms with Crippen molar-refractivity contribution in [2.24, 2.45) is 0 Å². The summed E-state index contributed by atoms with van der Waals surface area (Å²) in [5.74, 6) is -3.93. The van der Waals surface area contributed by atoms with Crippen molar-refractivity contribution >= 4 is 57.9 Å². The Morgan fingerprint density at radius 2 is 2.12 bits per heavy atom. The summed E-state index contributed by atoms with van der Waals surface area (Å²) < 4.78 is 0. The van der Waals surface area contributed by atoms with E-state index in [9.17, 15) is 24.0 Å². The van der Waals surface area contributed by atoms with Crippen molar-refractivity contribution in [1.82, 2.24) is 10.3 Å². The minimum atomic E-state index is -1.24. The van der Waals surface area contributed by atoms with E-state index in [2.05, 4.69) is 10.3 Å². The first-order valence-corrected chi connectivity index (χ1v) is 9.26. The zero-order chi connectivity index (χ0) is 19.4. The van der Waals surface area contributed by atoms with E-state index in [1.54, 1.807) is 0 Å². The van der Waals surface area contributed by atoms with Crippen LogP contribution in [0, 0.1) is 0 Å². The third-order valence-electron chi connectivity index (χ3n) is 3.31. The van der Waals surface area contributed by atoms with E-state index in [1.165, 1.54) is 12.3 Å². The molecule has 2 unspecified atom stereocenters. The van der Waals surface area contributed by atoms with Crippen molar-refractivity contribution in [2.45, 2.75) is 31.1 Å². The van der Waals surface area contributed by atoms with Crippen molar-refractivity contribution in [2.75, 3.05) is 10.7 Å². The highest BCUT2D eigenvalue weighted by Crippen LogP contribution is 2.32. The predicted molar refractivity (Wildman–Crippen MR) is 92.1 cm³/mol. The zero-order valence-electron chi connectivity index (χ0n) is 13.5. The van der Waals surface area contributed by atoms with Crippen LogP contribution in [0.3, 0.4) is 0 Å². The van der Waals surface area contributed by atoms with Gasteiger partial charge in [-0.1, -0.05) is 0 Å². The Balaban J connectivity index is 2.03. The lowest BCUT2D eigenvalue weighted by Crippen LogP contribution is -2.42. The number of aromatic nitrogens is 1. The SMILES string of the molecule is CC(=O)NC(CSC1CC(=O)N(c2nc(CC(=O)O)cs2)C1=O)C(=O)O. The number of nitrogens with one attached hydrogen (secondary N) is 1. The maximum absolute atomic E-state index is 12.5. The Morgan fingerprint density at radius 1 is 1.42 bits per heavy atom. The summed E-state index contributed by atoms with van der Waals surface area (Å²) in [7, 11) is 0. The number of hydrogen-bond donors (Lipinski definition) is 3. The summed E-state index contributed by atoms with van der Waals surface area (Å²) in [6.07, 6.45) is -0.439. The van der Waals surface area contributed by atoms with Crippen LogP contribution in [0.4, 0.5) is 5.13 Å². The molecule has 2 heterocycles. The van der Waals surface area contributed by atoms with Gasteiger partial charge in [-0.25, -0.2) is 14.7 Å². The molecule has 0 saturated carbocycles. The summed E-state index contributed by atoms with van der Waals surface area (Å²) in [5, 5.41) is 20.8. The number of carboxylic acid groups (broad SMARTS) is 2. The van der Waals surface area contributed by atoms with Crippen LogP contribution in [-0.4, -0.2) is 61.9 Å². The van der Waals surface area contributed by atoms with Gasteiger partial charge in [-0.3, -0.25) is 19.2 Å². The number of thioether (sulfide) groups is 1. The standard InChI is InChI=1S/C14H15N3O7S2/c1-6(18)15-8(13(23)24)5-25-9-3-10(19)17(12(9)22)14-16-7(4-26-14)2-11(20)21/h4,8-9H,2-3,5H2,1H3,(H,15,18)(H,20,21)(H,23,24). The maximum Gasteiger partial charge on any atom is 0.327 e. The number of thiazole rings is 1. The molecule has 1 aliphatic rings. The van der Waals surface area contributed by atoms with Crippen molar-refractivity contribution < 1.29 is 34.2 Å². The highest BCUT2D eigenvalue weighted by Gasteiger charge is 2.41. The highest BCUT2D eigenvalue weighted by molar-refractivity contribution is 8.00. The molecule has 2 atom stereocenters. The molecule has 0 bridgehead atoms. The lowest BCUT2D eigenvalue weighted by molar-refractivity contribution is -0.140. The first kappa shape index (κ1) is 19.8. The molecular weight excluding hydrogens is 386 g/mol. The van der Waals surface area contributed by atoms with Gasteiger partial charge in [-0.2, -0.15) is 0 Å². The Labute approximate surface area is 155 Å². The third kappa shape index (κ3) is 4.79. The van der Waals surface area contributed by atoms with Gasteiger partial charge in [0.1, 0.15) is 6.04 Å². The molecule has 3 amide bonds. The Morgan fingerprint density at radius 3 is 2.69 bits per heavy atom. The van der Waals surface area contributed by atoms with Gasteiger partial charge in [0.2, 0.25) is 17.7 Å². The number of anilines is 1. The molecule has 1 aromatic rings. The number of aliphatic carboxylic acids is 2. The molecule has 140 valence electrons. The second kappa shape index (κ2) is 8.27. The van der Waals surface area contributed by atoms with Gasteiger partial charge in [-0.15, -0.1) is 23.1 Å². The van der Waals surface area contributed by atoms with Gasteiger partial charge in [0.05, 0.1) is 17.4 Å². The molecule has 0 radical (unpaired) electrons. The summed E-state index contributed by atoms with van der Waals surface area (Å²) in [6.45, 7) is 1.18. The first-order chi connectivity index (χ1) is 12.2. The molecule has 0 aromatic carbocycles. The molecule has 26 heavy (non-hydrogen) atoms. The lowest BCUT2D eigenvalue weighted by Gasteiger charge is -2.15. The lowest BCUT2D eigenvalue weighted by atomic mass is 10.3. The van der Waals surface area contributed by atoms with Gasteiger partial charge in [0, 0.05) is 24.5 Å². The molecule has 1 aromatic heterocycles. The number of carbonyl (C=O) groups excluding carboxylic acids is 3. The van der Waals surface area contributed by atoms with E-state index in [4.69, 9.17) is 10.2 Å². The van der Waals surface area contributed by atoms with E-state index in [0.717, 1.165) is 28.0 Å². The minimum absolute atomic E-state index is 0.0748. The second-order valence-electron chi connectivity index (χ2n) is 5.38. The van der Waals surface area contributed by atoms with Crippen LogP contribution in [0.15, 0.2) is 5.38 Å². The second-order valence-corrected chi connectivity index (χ2v) is 7.45. The molecule has 10 nitrogen and oxygen atoms in total. The molecule has 12 heteroatoms. The molecule has 3 N–H and O–H groups in total. The average molecular weight is 401 g/mol. The monoisotopic (exact) mass is 401 g/mol. The van der Waals surface area contributed by atoms with Crippen LogP contribution >= 0.6 is 23.1 Å². The summed E-state index contributed by atoms with van der Waals surface area (Å²) in [4.78, 5) is 62.3. The van der Waals surface area contributed by atoms with Crippen molar-refractivity contribution in [3.05, 3.63) is 11.1 Å². The van der Waals surface area contributed by atoms with Gasteiger partial charge < -0.3 is 15.5 Å². The smallest absolute Gasteiger partial charge is 0.327 e. The normalized spacial score (nSPS) is 18.0. The van der Waals surface area contributed by atoms with E-state index >= 15 is 0 Å². The van der Waals surface area contributed by atoms with E-state index in [0.29, 0.717) is 0 Å². The topological polar surface area (TPSA) is 154 Å². The molecule has 1 fully saturated rings. The minimum Gasteiger partial charge on any atom is -0.481 e. The first-order valence-electron chi connectivity index (χ1n) is 7.33. The van der Waals surface area contributed by atoms with Gasteiger partial charge >= 0.3 is 11.9 Å². The quantitative estimate of drug-likeness (QED) is 0.499. The molecular formula is C14H15N3O7S2. The van der Waals surface area contributed by atoms with Gasteiger partial charge in [-0.05, 0) is 0 Å². The maximum atomic E-state index is 12.5. The van der Waals surface area contributed by atoms with Gasteiger partial charge in [0.15, 0.2) is 5.13 Å². The number of imide groups is 1. The van der Waals surface area contributed by atoms with Gasteiger partial charge in [0.25, 0.3) is 0 Å². The number of carbonyl (C=O) groups is 5. The summed E-state index contributed by atoms with van der Waals surface area (Å²) in [5.41, 5.74) is 0.241. The molecule has 1 saturated heterocycles. The zero-order valence-corrected chi connectivity index (χ0v) is 15.1. The Bertz CT molecular complexity index is 763. The summed E-state index contributed by atoms with van der Waals surface area (Å²) in [6, 6.07) is -1.17. The fourth-order valence-electron chi connectivity index (χ4n) is 2.20. The fourth-order valence-corrected chi connectivity index (χ4v) is 4.21. The van der Waals surface area contributed by atoms with Crippen LogP contribution in [0.2, 0.25) is 0 Å². The number of nitrogens with zero attached hydrogens (tertiary/aromatic N) is 2. The van der Waals surface area contributed by atoms with Crippen molar-refractivity contribution in [3.63, 3.8) is 0 Å². The van der Waals surface area contributed by atoms with Crippen LogP contribution in [-0.2, 0) is 30.4 Å². The fraction of sp³-hybridized carbons (Fsp3) is 0.429. The van der Waals surface area contributed by atoms with Crippen LogP contribution in [0.1, 0.15) is 19.0 Å². The largest absolute Gasteiger partial charge is 0.481 e. The molecule has 2 rings (SSSR count). The number of rotatable bonds is 8. The average Bonchev–Trinajstić information content (AvgIpc) is 3.06. The summed E-state index contributed by atoms with van der Waals surface area (Å²) >= 11 is 1.95. The third-order valence-corrected chi connectivity index (χ3v) is 5.48. The molecule has 0 aliphatic carbocycles. The van der Waals surface area contributed by atoms with E-state index in [-0.39, 0.29) is 29.4 Å². The molecule has 0 spiro atoms. The van der Waals surface area contributed by atoms with E-state index < -0.39 is 41.0 Å². The molecule has 1 aliphatic heterocycles.